The fraction of sp³-hybridized carbons (Fsp3) is 0.0952. The summed E-state index contributed by atoms with van der Waals surface area (Å²) in [6.45, 7) is 0.208. The molecule has 0 spiro atoms. The van der Waals surface area contributed by atoms with Crippen molar-refractivity contribution in [3.05, 3.63) is 93.8 Å². The van der Waals surface area contributed by atoms with Gasteiger partial charge < -0.3 is 0 Å². The van der Waals surface area contributed by atoms with Crippen molar-refractivity contribution in [2.24, 2.45) is 0 Å². The largest absolute Gasteiger partial charge is 0.419 e. The van der Waals surface area contributed by atoms with E-state index < -0.39 is 43.9 Å². The Morgan fingerprint density at radius 2 is 1.64 bits per heavy atom. The van der Waals surface area contributed by atoms with Gasteiger partial charge in [-0.1, -0.05) is 12.1 Å². The zero-order valence-corrected chi connectivity index (χ0v) is 17.3. The van der Waals surface area contributed by atoms with Crippen LogP contribution in [0.15, 0.2) is 70.4 Å². The molecule has 0 atom stereocenters. The monoisotopic (exact) mass is 483 g/mol. The van der Waals surface area contributed by atoms with Crippen LogP contribution in [0.5, 0.6) is 0 Å². The van der Waals surface area contributed by atoms with Gasteiger partial charge in [0.2, 0.25) is 0 Å². The summed E-state index contributed by atoms with van der Waals surface area (Å²) in [5.41, 5.74) is -1.20. The van der Waals surface area contributed by atoms with Gasteiger partial charge in [0.25, 0.3) is 15.6 Å². The molecule has 1 heterocycles. The van der Waals surface area contributed by atoms with E-state index in [9.17, 15) is 35.2 Å². The summed E-state index contributed by atoms with van der Waals surface area (Å²) in [5.74, 6) is -2.01. The molecule has 0 aliphatic carbocycles. The lowest BCUT2D eigenvalue weighted by Gasteiger charge is -2.12. The van der Waals surface area contributed by atoms with Crippen LogP contribution in [0.2, 0.25) is 0 Å². The number of aromatic nitrogens is 2. The van der Waals surface area contributed by atoms with Gasteiger partial charge in [-0.3, -0.25) is 19.3 Å². The highest BCUT2D eigenvalue weighted by Crippen LogP contribution is 2.33. The summed E-state index contributed by atoms with van der Waals surface area (Å²) in [7, 11) is -4.51. The van der Waals surface area contributed by atoms with Crippen LogP contribution in [0.4, 0.5) is 27.6 Å². The van der Waals surface area contributed by atoms with Gasteiger partial charge in [-0.25, -0.2) is 17.2 Å². The first-order valence-corrected chi connectivity index (χ1v) is 10.8. The van der Waals surface area contributed by atoms with E-state index in [1.54, 1.807) is 12.1 Å². The molecular formula is C21H14F5N3O3S. The highest BCUT2D eigenvalue weighted by Gasteiger charge is 2.35. The summed E-state index contributed by atoms with van der Waals surface area (Å²) < 4.78 is 94.1. The first kappa shape index (κ1) is 22.5. The number of hydrogen-bond acceptors (Lipinski definition) is 3. The minimum Gasteiger partial charge on any atom is -0.280 e. The molecule has 12 heteroatoms. The van der Waals surface area contributed by atoms with E-state index in [2.05, 4.69) is 9.82 Å². The van der Waals surface area contributed by atoms with Crippen molar-refractivity contribution in [3.63, 3.8) is 0 Å². The van der Waals surface area contributed by atoms with Gasteiger partial charge in [-0.05, 0) is 54.1 Å². The highest BCUT2D eigenvalue weighted by molar-refractivity contribution is 7.92. The quantitative estimate of drug-likeness (QED) is 0.411. The van der Waals surface area contributed by atoms with E-state index >= 15 is 0 Å². The van der Waals surface area contributed by atoms with Gasteiger partial charge in [0, 0.05) is 5.69 Å². The van der Waals surface area contributed by atoms with Crippen molar-refractivity contribution in [2.75, 3.05) is 4.72 Å². The predicted molar refractivity (Wildman–Crippen MR) is 110 cm³/mol. The molecule has 0 amide bonds. The third kappa shape index (κ3) is 4.60. The Morgan fingerprint density at radius 1 is 0.939 bits per heavy atom. The Kier molecular flexibility index (Phi) is 5.48. The van der Waals surface area contributed by atoms with E-state index in [1.807, 2.05) is 0 Å². The number of aromatic amines is 1. The molecule has 0 aliphatic rings. The molecule has 172 valence electrons. The molecule has 33 heavy (non-hydrogen) atoms. The summed E-state index contributed by atoms with van der Waals surface area (Å²) in [5, 5.41) is 2.71. The minimum atomic E-state index is -5.07. The number of rotatable bonds is 5. The van der Waals surface area contributed by atoms with E-state index in [-0.39, 0.29) is 23.7 Å². The van der Waals surface area contributed by atoms with Gasteiger partial charge in [-0.2, -0.15) is 13.2 Å². The average Bonchev–Trinajstić information content (AvgIpc) is 3.03. The van der Waals surface area contributed by atoms with E-state index in [0.29, 0.717) is 23.2 Å². The second-order valence-electron chi connectivity index (χ2n) is 7.13. The summed E-state index contributed by atoms with van der Waals surface area (Å²) >= 11 is 0. The summed E-state index contributed by atoms with van der Waals surface area (Å²) in [4.78, 5) is 11.6. The molecule has 0 saturated carbocycles. The zero-order valence-electron chi connectivity index (χ0n) is 16.5. The minimum absolute atomic E-state index is 0.0783. The van der Waals surface area contributed by atoms with Crippen LogP contribution in [0.3, 0.4) is 0 Å². The van der Waals surface area contributed by atoms with E-state index in [0.717, 1.165) is 0 Å². The smallest absolute Gasteiger partial charge is 0.280 e. The van der Waals surface area contributed by atoms with Crippen LogP contribution in [-0.2, 0) is 22.7 Å². The molecule has 4 aromatic rings. The number of alkyl halides is 3. The number of nitrogens with one attached hydrogen (secondary N) is 2. The Labute approximate surface area is 183 Å². The molecule has 4 rings (SSSR count). The number of benzene rings is 3. The van der Waals surface area contributed by atoms with Crippen molar-refractivity contribution in [2.45, 2.75) is 17.6 Å². The predicted octanol–water partition coefficient (Wildman–Crippen LogP) is 4.48. The van der Waals surface area contributed by atoms with Gasteiger partial charge in [-0.15, -0.1) is 0 Å². The Bertz CT molecular complexity index is 1510. The summed E-state index contributed by atoms with van der Waals surface area (Å²) in [6, 6.07) is 10.9. The van der Waals surface area contributed by atoms with Crippen LogP contribution in [-0.4, -0.2) is 18.2 Å². The number of anilines is 1. The third-order valence-corrected chi connectivity index (χ3v) is 6.21. The van der Waals surface area contributed by atoms with Crippen LogP contribution < -0.4 is 10.3 Å². The molecule has 0 unspecified atom stereocenters. The maximum Gasteiger partial charge on any atom is 0.419 e. The lowest BCUT2D eigenvalue weighted by molar-refractivity contribution is -0.140. The van der Waals surface area contributed by atoms with Gasteiger partial charge in [0.05, 0.1) is 27.9 Å². The number of nitrogens with zero attached hydrogens (tertiary/aromatic N) is 1. The molecule has 1 aromatic heterocycles. The SMILES string of the molecule is O=c1[nH]n(Cc2ccc(F)cc2)c2ccc(NS(=O)(=O)c3ccc(F)c(C(F)(F)F)c3)cc12. The first-order chi connectivity index (χ1) is 15.4. The van der Waals surface area contributed by atoms with Crippen LogP contribution in [0, 0.1) is 11.6 Å². The van der Waals surface area contributed by atoms with Crippen LogP contribution >= 0.6 is 0 Å². The summed E-state index contributed by atoms with van der Waals surface area (Å²) in [6.07, 6.45) is -5.07. The van der Waals surface area contributed by atoms with Gasteiger partial charge >= 0.3 is 6.18 Å². The highest BCUT2D eigenvalue weighted by atomic mass is 32.2. The Balaban J connectivity index is 1.65. The fourth-order valence-electron chi connectivity index (χ4n) is 3.26. The van der Waals surface area contributed by atoms with Crippen molar-refractivity contribution >= 4 is 26.6 Å². The number of sulfonamides is 1. The van der Waals surface area contributed by atoms with Crippen molar-refractivity contribution in [1.29, 1.82) is 0 Å². The second-order valence-corrected chi connectivity index (χ2v) is 8.81. The van der Waals surface area contributed by atoms with E-state index in [4.69, 9.17) is 0 Å². The molecule has 0 saturated heterocycles. The third-order valence-electron chi connectivity index (χ3n) is 4.83. The fourth-order valence-corrected chi connectivity index (χ4v) is 4.34. The van der Waals surface area contributed by atoms with Crippen molar-refractivity contribution in [1.82, 2.24) is 9.78 Å². The van der Waals surface area contributed by atoms with Crippen LogP contribution in [0.1, 0.15) is 11.1 Å². The zero-order chi connectivity index (χ0) is 24.0. The molecule has 3 aromatic carbocycles. The lowest BCUT2D eigenvalue weighted by atomic mass is 10.2. The maximum absolute atomic E-state index is 13.5. The van der Waals surface area contributed by atoms with Crippen molar-refractivity contribution < 1.29 is 30.4 Å². The number of hydrogen-bond donors (Lipinski definition) is 2. The maximum atomic E-state index is 13.5. The van der Waals surface area contributed by atoms with E-state index in [1.165, 1.54) is 35.0 Å². The van der Waals surface area contributed by atoms with Crippen molar-refractivity contribution in [3.8, 4) is 0 Å². The van der Waals surface area contributed by atoms with Crippen LogP contribution in [0.25, 0.3) is 10.9 Å². The number of H-pyrrole nitrogens is 1. The average molecular weight is 483 g/mol. The molecule has 0 fully saturated rings. The molecule has 6 nitrogen and oxygen atoms in total. The molecular weight excluding hydrogens is 469 g/mol. The molecule has 0 aliphatic heterocycles. The molecule has 0 bridgehead atoms. The number of halogens is 5. The molecule has 0 radical (unpaired) electrons. The lowest BCUT2D eigenvalue weighted by Crippen LogP contribution is -2.16. The Hall–Kier alpha value is -3.67. The topological polar surface area (TPSA) is 84.0 Å². The molecule has 2 N–H and O–H groups in total. The standard InChI is InChI=1S/C21H14F5N3O3S/c22-13-3-1-12(2-4-13)11-29-19-8-5-14(9-16(19)20(30)27-29)28-33(31,32)15-6-7-18(23)17(10-15)21(24,25)26/h1-10,28H,11H2,(H,27,30). The van der Waals surface area contributed by atoms with Gasteiger partial charge in [0.1, 0.15) is 11.6 Å². The second kappa shape index (κ2) is 8.03. The Morgan fingerprint density at radius 3 is 2.30 bits per heavy atom. The normalized spacial score (nSPS) is 12.3. The number of fused-ring (bicyclic) bond motifs is 1. The first-order valence-electron chi connectivity index (χ1n) is 9.31. The van der Waals surface area contributed by atoms with Gasteiger partial charge in [0.15, 0.2) is 0 Å².